The largest absolute Gasteiger partial charge is 0.386 e. The first-order chi connectivity index (χ1) is 11.3. The molecule has 23 heavy (non-hydrogen) atoms. The molecular formula is C18H18N2O3. The van der Waals surface area contributed by atoms with Gasteiger partial charge in [0.05, 0.1) is 5.69 Å². The average Bonchev–Trinajstić information content (AvgIpc) is 3.15. The van der Waals surface area contributed by atoms with E-state index < -0.39 is 6.03 Å². The van der Waals surface area contributed by atoms with E-state index in [-0.39, 0.29) is 0 Å². The molecule has 2 aromatic rings. The van der Waals surface area contributed by atoms with Crippen LogP contribution in [0.4, 0.5) is 10.5 Å². The van der Waals surface area contributed by atoms with Gasteiger partial charge in [-0.2, -0.15) is 5.06 Å². The number of carbonyl (C=O) groups excluding carboxylic acids is 1. The van der Waals surface area contributed by atoms with Gasteiger partial charge in [0.25, 0.3) is 0 Å². The molecule has 2 aromatic carbocycles. The number of benzene rings is 2. The monoisotopic (exact) mass is 310 g/mol. The van der Waals surface area contributed by atoms with Crippen LogP contribution in [-0.4, -0.2) is 16.3 Å². The minimum absolute atomic E-state index is 0.513. The molecule has 0 fully saturated rings. The first-order valence-corrected chi connectivity index (χ1v) is 7.56. The van der Waals surface area contributed by atoms with E-state index in [0.29, 0.717) is 28.6 Å². The summed E-state index contributed by atoms with van der Waals surface area (Å²) in [5, 5.41) is 12.0. The fraction of sp³-hybridized carbons (Fsp3) is 0.167. The Kier molecular flexibility index (Phi) is 4.59. The molecule has 0 saturated heterocycles. The van der Waals surface area contributed by atoms with Crippen LogP contribution in [0.15, 0.2) is 72.4 Å². The molecule has 1 aliphatic carbocycles. The van der Waals surface area contributed by atoms with Crippen LogP contribution in [0.25, 0.3) is 0 Å². The van der Waals surface area contributed by atoms with Crippen molar-refractivity contribution in [3.63, 3.8) is 0 Å². The van der Waals surface area contributed by atoms with Crippen LogP contribution < -0.4 is 9.90 Å². The lowest BCUT2D eigenvalue weighted by molar-refractivity contribution is -0.0158. The van der Waals surface area contributed by atoms with Crippen molar-refractivity contribution >= 4 is 11.7 Å². The van der Waals surface area contributed by atoms with Crippen LogP contribution in [0.5, 0.6) is 5.75 Å². The number of hydroxylamine groups is 3. The number of hydrogen-bond donors (Lipinski definition) is 1. The Hall–Kier alpha value is -2.79. The number of para-hydroxylation sites is 2. The molecular weight excluding hydrogens is 292 g/mol. The number of amides is 2. The Morgan fingerprint density at radius 3 is 2.26 bits per heavy atom. The lowest BCUT2D eigenvalue weighted by atomic mass is 10.3. The Morgan fingerprint density at radius 1 is 1.00 bits per heavy atom. The first-order valence-electron chi connectivity index (χ1n) is 7.56. The molecule has 0 spiro atoms. The summed E-state index contributed by atoms with van der Waals surface area (Å²) in [6.07, 6.45) is 4.34. The van der Waals surface area contributed by atoms with E-state index in [2.05, 4.69) is 0 Å². The van der Waals surface area contributed by atoms with Gasteiger partial charge in [-0.15, -0.1) is 5.06 Å². The molecule has 0 saturated carbocycles. The minimum Gasteiger partial charge on any atom is -0.370 e. The highest BCUT2D eigenvalue weighted by Gasteiger charge is 2.27. The molecule has 1 N–H and O–H groups in total. The summed E-state index contributed by atoms with van der Waals surface area (Å²) < 4.78 is 0. The van der Waals surface area contributed by atoms with Crippen LogP contribution >= 0.6 is 0 Å². The molecule has 2 amide bonds. The van der Waals surface area contributed by atoms with Crippen molar-refractivity contribution in [3.05, 3.63) is 72.4 Å². The third kappa shape index (κ3) is 3.52. The van der Waals surface area contributed by atoms with Gasteiger partial charge in [0.15, 0.2) is 5.75 Å². The van der Waals surface area contributed by atoms with Crippen LogP contribution in [0.3, 0.4) is 0 Å². The Morgan fingerprint density at radius 2 is 1.65 bits per heavy atom. The number of anilines is 1. The average molecular weight is 310 g/mol. The number of rotatable bonds is 4. The standard InChI is InChI=1S/C18H18N2O3/c21-18(19(22)15-9-7-8-10-15)20(16-11-3-1-4-12-16)23-17-13-5-2-6-14-17/h1-6,9,11-14,22H,7-8,10H2. The van der Waals surface area contributed by atoms with Crippen molar-refractivity contribution < 1.29 is 14.8 Å². The smallest absolute Gasteiger partial charge is 0.370 e. The van der Waals surface area contributed by atoms with Crippen LogP contribution in [-0.2, 0) is 0 Å². The fourth-order valence-corrected chi connectivity index (χ4v) is 2.41. The molecule has 0 unspecified atom stereocenters. The maximum atomic E-state index is 12.7. The van der Waals surface area contributed by atoms with Gasteiger partial charge in [-0.25, -0.2) is 4.79 Å². The highest BCUT2D eigenvalue weighted by Crippen LogP contribution is 2.24. The lowest BCUT2D eigenvalue weighted by Gasteiger charge is -2.26. The number of urea groups is 1. The molecule has 118 valence electrons. The quantitative estimate of drug-likeness (QED) is 0.674. The van der Waals surface area contributed by atoms with Crippen molar-refractivity contribution in [1.82, 2.24) is 5.06 Å². The molecule has 0 heterocycles. The van der Waals surface area contributed by atoms with Gasteiger partial charge >= 0.3 is 6.03 Å². The highest BCUT2D eigenvalue weighted by atomic mass is 16.7. The summed E-state index contributed by atoms with van der Waals surface area (Å²) in [6.45, 7) is 0. The summed E-state index contributed by atoms with van der Waals surface area (Å²) in [4.78, 5) is 18.4. The lowest BCUT2D eigenvalue weighted by Crippen LogP contribution is -2.43. The van der Waals surface area contributed by atoms with E-state index in [0.717, 1.165) is 17.9 Å². The van der Waals surface area contributed by atoms with Crippen molar-refractivity contribution in [2.24, 2.45) is 0 Å². The summed E-state index contributed by atoms with van der Waals surface area (Å²) >= 11 is 0. The fourth-order valence-electron chi connectivity index (χ4n) is 2.41. The predicted molar refractivity (Wildman–Crippen MR) is 86.9 cm³/mol. The van der Waals surface area contributed by atoms with E-state index in [1.54, 1.807) is 36.4 Å². The van der Waals surface area contributed by atoms with Gasteiger partial charge in [0.2, 0.25) is 0 Å². The highest BCUT2D eigenvalue weighted by molar-refractivity contribution is 5.90. The molecule has 5 nitrogen and oxygen atoms in total. The second-order valence-corrected chi connectivity index (χ2v) is 5.22. The van der Waals surface area contributed by atoms with Gasteiger partial charge in [-0.3, -0.25) is 5.21 Å². The maximum absolute atomic E-state index is 12.7. The molecule has 3 rings (SSSR count). The van der Waals surface area contributed by atoms with Crippen molar-refractivity contribution in [2.45, 2.75) is 19.3 Å². The van der Waals surface area contributed by atoms with Crippen molar-refractivity contribution in [1.29, 1.82) is 0 Å². The zero-order valence-electron chi connectivity index (χ0n) is 12.6. The van der Waals surface area contributed by atoms with Crippen LogP contribution in [0, 0.1) is 0 Å². The number of allylic oxidation sites excluding steroid dienone is 2. The Bertz CT molecular complexity index is 686. The number of nitrogens with zero attached hydrogens (tertiary/aromatic N) is 2. The molecule has 0 aromatic heterocycles. The zero-order valence-corrected chi connectivity index (χ0v) is 12.6. The van der Waals surface area contributed by atoms with E-state index in [9.17, 15) is 10.0 Å². The number of hydrogen-bond acceptors (Lipinski definition) is 3. The van der Waals surface area contributed by atoms with Crippen LogP contribution in [0.2, 0.25) is 0 Å². The first kappa shape index (κ1) is 15.1. The molecule has 0 atom stereocenters. The number of carbonyl (C=O) groups is 1. The molecule has 5 heteroatoms. The van der Waals surface area contributed by atoms with E-state index in [1.165, 1.54) is 0 Å². The van der Waals surface area contributed by atoms with Gasteiger partial charge in [0, 0.05) is 5.70 Å². The molecule has 0 bridgehead atoms. The van der Waals surface area contributed by atoms with Crippen molar-refractivity contribution in [3.8, 4) is 5.75 Å². The molecule has 0 radical (unpaired) electrons. The maximum Gasteiger partial charge on any atom is 0.386 e. The SMILES string of the molecule is O=C(N(O)C1=CCCC1)N(Oc1ccccc1)c1ccccc1. The van der Waals surface area contributed by atoms with Gasteiger partial charge in [0.1, 0.15) is 0 Å². The minimum atomic E-state index is -0.645. The summed E-state index contributed by atoms with van der Waals surface area (Å²) in [6, 6.07) is 17.3. The summed E-state index contributed by atoms with van der Waals surface area (Å²) in [5.41, 5.74) is 1.14. The second kappa shape index (κ2) is 6.98. The Labute approximate surface area is 134 Å². The summed E-state index contributed by atoms with van der Waals surface area (Å²) in [7, 11) is 0. The summed E-state index contributed by atoms with van der Waals surface area (Å²) in [5.74, 6) is 0.513. The van der Waals surface area contributed by atoms with Gasteiger partial charge in [-0.1, -0.05) is 42.5 Å². The topological polar surface area (TPSA) is 53.0 Å². The van der Waals surface area contributed by atoms with E-state index in [4.69, 9.17) is 4.84 Å². The van der Waals surface area contributed by atoms with E-state index in [1.807, 2.05) is 30.3 Å². The second-order valence-electron chi connectivity index (χ2n) is 5.22. The zero-order chi connectivity index (χ0) is 16.1. The predicted octanol–water partition coefficient (Wildman–Crippen LogP) is 4.37. The van der Waals surface area contributed by atoms with Gasteiger partial charge in [-0.05, 0) is 43.5 Å². The third-order valence-electron chi connectivity index (χ3n) is 3.57. The van der Waals surface area contributed by atoms with Crippen LogP contribution in [0.1, 0.15) is 19.3 Å². The third-order valence-corrected chi connectivity index (χ3v) is 3.57. The van der Waals surface area contributed by atoms with Crippen molar-refractivity contribution in [2.75, 3.05) is 5.06 Å². The Balaban J connectivity index is 1.87. The van der Waals surface area contributed by atoms with Gasteiger partial charge < -0.3 is 4.84 Å². The normalized spacial score (nSPS) is 13.3. The van der Waals surface area contributed by atoms with E-state index >= 15 is 0 Å². The molecule has 0 aliphatic heterocycles. The molecule has 1 aliphatic rings.